The first-order chi connectivity index (χ1) is 13.8. The minimum Gasteiger partial charge on any atom is -0.491 e. The van der Waals surface area contributed by atoms with E-state index in [0.717, 1.165) is 12.1 Å². The molecule has 29 heavy (non-hydrogen) atoms. The van der Waals surface area contributed by atoms with E-state index in [0.29, 0.717) is 17.9 Å². The van der Waals surface area contributed by atoms with Crippen molar-refractivity contribution in [1.29, 1.82) is 0 Å². The van der Waals surface area contributed by atoms with E-state index in [1.165, 1.54) is 25.3 Å². The fraction of sp³-hybridized carbons (Fsp3) is 0.316. The fourth-order valence-electron chi connectivity index (χ4n) is 2.06. The summed E-state index contributed by atoms with van der Waals surface area (Å²) in [5.74, 6) is -0.0641. The quantitative estimate of drug-likeness (QED) is 0.351. The van der Waals surface area contributed by atoms with Crippen molar-refractivity contribution in [2.45, 2.75) is 13.1 Å². The molecule has 0 fully saturated rings. The predicted octanol–water partition coefficient (Wildman–Crippen LogP) is 3.89. The Kier molecular flexibility index (Phi) is 7.96. The zero-order chi connectivity index (χ0) is 21.3. The van der Waals surface area contributed by atoms with E-state index in [9.17, 15) is 18.0 Å². The number of esters is 1. The summed E-state index contributed by atoms with van der Waals surface area (Å²) in [5.41, 5.74) is -0.678. The maximum Gasteiger partial charge on any atom is 0.435 e. The Bertz CT molecular complexity index is 839. The molecule has 0 saturated carbocycles. The lowest BCUT2D eigenvalue weighted by molar-refractivity contribution is -0.141. The van der Waals surface area contributed by atoms with Crippen molar-refractivity contribution in [1.82, 2.24) is 10.2 Å². The summed E-state index contributed by atoms with van der Waals surface area (Å²) in [6, 6.07) is 6.58. The molecule has 0 N–H and O–H groups in total. The highest BCUT2D eigenvalue weighted by Gasteiger charge is 2.33. The number of alkyl halides is 3. The van der Waals surface area contributed by atoms with Crippen LogP contribution in [0.25, 0.3) is 6.08 Å². The highest BCUT2D eigenvalue weighted by Crippen LogP contribution is 2.31. The van der Waals surface area contributed by atoms with Crippen LogP contribution in [0.1, 0.15) is 18.2 Å². The average Bonchev–Trinajstić information content (AvgIpc) is 2.67. The number of hydrogen-bond acceptors (Lipinski definition) is 7. The van der Waals surface area contributed by atoms with Gasteiger partial charge in [0.25, 0.3) is 0 Å². The molecule has 2 rings (SSSR count). The molecule has 0 aliphatic heterocycles. The minimum atomic E-state index is -4.60. The molecule has 0 unspecified atom stereocenters. The summed E-state index contributed by atoms with van der Waals surface area (Å²) in [6.07, 6.45) is -1.95. The summed E-state index contributed by atoms with van der Waals surface area (Å²) in [7, 11) is 1.53. The molecule has 0 saturated heterocycles. The topological polar surface area (TPSA) is 79.8 Å². The number of aromatic nitrogens is 2. The largest absolute Gasteiger partial charge is 0.491 e. The number of carbonyl (C=O) groups excluding carboxylic acids is 1. The van der Waals surface area contributed by atoms with E-state index in [1.807, 2.05) is 0 Å². The number of benzene rings is 1. The van der Waals surface area contributed by atoms with Gasteiger partial charge in [-0.25, -0.2) is 4.79 Å². The molecule has 0 spiro atoms. The highest BCUT2D eigenvalue weighted by molar-refractivity contribution is 5.87. The van der Waals surface area contributed by atoms with Gasteiger partial charge >= 0.3 is 12.1 Å². The van der Waals surface area contributed by atoms with Gasteiger partial charge in [0.2, 0.25) is 5.88 Å². The number of methoxy groups -OCH3 is 1. The number of hydrogen-bond donors (Lipinski definition) is 0. The van der Waals surface area contributed by atoms with Crippen molar-refractivity contribution in [3.8, 4) is 17.4 Å². The summed E-state index contributed by atoms with van der Waals surface area (Å²) in [6.45, 7) is 2.55. The molecule has 2 aromatic rings. The van der Waals surface area contributed by atoms with Crippen molar-refractivity contribution >= 4 is 12.0 Å². The van der Waals surface area contributed by atoms with Crippen LogP contribution in [-0.2, 0) is 20.4 Å². The van der Waals surface area contributed by atoms with Gasteiger partial charge in [0.1, 0.15) is 18.1 Å². The number of nitrogens with zero attached hydrogens (tertiary/aromatic N) is 2. The Morgan fingerprint density at radius 2 is 1.93 bits per heavy atom. The molecule has 0 bridgehead atoms. The first-order valence-electron chi connectivity index (χ1n) is 8.53. The SMILES string of the molecule is CCOC(=O)C=Cc1ccc(OCCOC)cc1Oc1ccc(C(F)(F)F)nn1. The van der Waals surface area contributed by atoms with Crippen LogP contribution < -0.4 is 9.47 Å². The first-order valence-corrected chi connectivity index (χ1v) is 8.53. The third-order valence-electron chi connectivity index (χ3n) is 3.37. The maximum absolute atomic E-state index is 12.6. The maximum atomic E-state index is 12.6. The van der Waals surface area contributed by atoms with Crippen LogP contribution in [0.3, 0.4) is 0 Å². The number of carbonyl (C=O) groups is 1. The van der Waals surface area contributed by atoms with Gasteiger partial charge in [0, 0.05) is 30.9 Å². The Morgan fingerprint density at radius 1 is 1.14 bits per heavy atom. The molecule has 1 heterocycles. The van der Waals surface area contributed by atoms with Crippen molar-refractivity contribution in [2.75, 3.05) is 26.9 Å². The van der Waals surface area contributed by atoms with Crippen LogP contribution >= 0.6 is 0 Å². The lowest BCUT2D eigenvalue weighted by atomic mass is 10.1. The number of rotatable bonds is 9. The van der Waals surface area contributed by atoms with E-state index in [1.54, 1.807) is 19.1 Å². The van der Waals surface area contributed by atoms with Gasteiger partial charge < -0.3 is 18.9 Å². The molecule has 10 heteroatoms. The zero-order valence-corrected chi connectivity index (χ0v) is 15.7. The van der Waals surface area contributed by atoms with E-state index < -0.39 is 17.8 Å². The minimum absolute atomic E-state index is 0.155. The third kappa shape index (κ3) is 7.07. The standard InChI is InChI=1S/C19H19F3N2O5/c1-3-27-18(25)9-5-13-4-6-14(28-11-10-26-2)12-15(13)29-17-8-7-16(23-24-17)19(20,21)22/h4-9,12H,3,10-11H2,1-2H3. The molecule has 1 aromatic carbocycles. The van der Waals surface area contributed by atoms with E-state index in [2.05, 4.69) is 10.2 Å². The Balaban J connectivity index is 2.26. The zero-order valence-electron chi connectivity index (χ0n) is 15.7. The molecule has 7 nitrogen and oxygen atoms in total. The molecular formula is C19H19F3N2O5. The smallest absolute Gasteiger partial charge is 0.435 e. The van der Waals surface area contributed by atoms with Gasteiger partial charge in [-0.1, -0.05) is 0 Å². The third-order valence-corrected chi connectivity index (χ3v) is 3.37. The van der Waals surface area contributed by atoms with Gasteiger partial charge in [0.15, 0.2) is 5.69 Å². The van der Waals surface area contributed by atoms with Crippen LogP contribution in [-0.4, -0.2) is 43.1 Å². The number of halogens is 3. The Morgan fingerprint density at radius 3 is 2.55 bits per heavy atom. The number of ether oxygens (including phenoxy) is 4. The highest BCUT2D eigenvalue weighted by atomic mass is 19.4. The van der Waals surface area contributed by atoms with Gasteiger partial charge in [-0.05, 0) is 31.2 Å². The fourth-order valence-corrected chi connectivity index (χ4v) is 2.06. The second-order valence-corrected chi connectivity index (χ2v) is 5.48. The first kappa shape index (κ1) is 22.2. The second-order valence-electron chi connectivity index (χ2n) is 5.48. The average molecular weight is 412 g/mol. The molecule has 0 radical (unpaired) electrons. The monoisotopic (exact) mass is 412 g/mol. The normalized spacial score (nSPS) is 11.5. The predicted molar refractivity (Wildman–Crippen MR) is 96.6 cm³/mol. The van der Waals surface area contributed by atoms with Gasteiger partial charge in [-0.3, -0.25) is 0 Å². The van der Waals surface area contributed by atoms with Crippen LogP contribution in [0.2, 0.25) is 0 Å². The summed E-state index contributed by atoms with van der Waals surface area (Å²) < 4.78 is 58.7. The van der Waals surface area contributed by atoms with E-state index in [4.69, 9.17) is 18.9 Å². The molecule has 0 aliphatic carbocycles. The molecule has 1 aromatic heterocycles. The molecule has 0 atom stereocenters. The van der Waals surface area contributed by atoms with Crippen LogP contribution in [0.5, 0.6) is 17.4 Å². The van der Waals surface area contributed by atoms with Crippen molar-refractivity contribution in [3.63, 3.8) is 0 Å². The summed E-state index contributed by atoms with van der Waals surface area (Å²) >= 11 is 0. The molecular weight excluding hydrogens is 393 g/mol. The van der Waals surface area contributed by atoms with Crippen LogP contribution in [0.15, 0.2) is 36.4 Å². The Labute approximate surface area is 165 Å². The lowest BCUT2D eigenvalue weighted by Crippen LogP contribution is -2.09. The Hall–Kier alpha value is -3.14. The van der Waals surface area contributed by atoms with E-state index >= 15 is 0 Å². The van der Waals surface area contributed by atoms with Crippen molar-refractivity contribution < 1.29 is 36.9 Å². The molecule has 0 aliphatic rings. The molecule has 156 valence electrons. The summed E-state index contributed by atoms with van der Waals surface area (Å²) in [4.78, 5) is 11.5. The van der Waals surface area contributed by atoms with Gasteiger partial charge in [0.05, 0.1) is 13.2 Å². The van der Waals surface area contributed by atoms with Crippen molar-refractivity contribution in [2.24, 2.45) is 0 Å². The van der Waals surface area contributed by atoms with Crippen LogP contribution in [0.4, 0.5) is 13.2 Å². The van der Waals surface area contributed by atoms with E-state index in [-0.39, 0.29) is 24.8 Å². The second kappa shape index (κ2) is 10.4. The van der Waals surface area contributed by atoms with Crippen molar-refractivity contribution in [3.05, 3.63) is 47.7 Å². The van der Waals surface area contributed by atoms with Gasteiger partial charge in [-0.2, -0.15) is 13.2 Å². The molecule has 0 amide bonds. The summed E-state index contributed by atoms with van der Waals surface area (Å²) in [5, 5.41) is 6.56. The van der Waals surface area contributed by atoms with Crippen LogP contribution in [0, 0.1) is 0 Å². The van der Waals surface area contributed by atoms with Gasteiger partial charge in [-0.15, -0.1) is 10.2 Å². The lowest BCUT2D eigenvalue weighted by Gasteiger charge is -2.12.